The molecule has 1 aliphatic heterocycles. The van der Waals surface area contributed by atoms with Gasteiger partial charge in [-0.3, -0.25) is 0 Å². The van der Waals surface area contributed by atoms with Crippen molar-refractivity contribution in [2.75, 3.05) is 7.11 Å². The molecular formula is C27H34N6O2. The molecule has 1 aromatic heterocycles. The number of carbonyl (C=O) groups is 1. The minimum atomic E-state index is -0.385. The van der Waals surface area contributed by atoms with E-state index in [4.69, 9.17) is 9.72 Å². The van der Waals surface area contributed by atoms with E-state index >= 15 is 0 Å². The average Bonchev–Trinajstić information content (AvgIpc) is 3.20. The zero-order valence-corrected chi connectivity index (χ0v) is 21.0. The third kappa shape index (κ3) is 6.11. The van der Waals surface area contributed by atoms with Crippen molar-refractivity contribution < 1.29 is 9.53 Å². The second-order valence-corrected chi connectivity index (χ2v) is 10.7. The molecule has 0 aliphatic carbocycles. The number of methoxy groups -OCH3 is 1. The first-order valence-corrected chi connectivity index (χ1v) is 11.9. The van der Waals surface area contributed by atoms with Crippen LogP contribution in [-0.4, -0.2) is 40.2 Å². The molecule has 35 heavy (non-hydrogen) atoms. The Kier molecular flexibility index (Phi) is 6.73. The van der Waals surface area contributed by atoms with Gasteiger partial charge in [-0.1, -0.05) is 12.1 Å². The Morgan fingerprint density at radius 3 is 2.49 bits per heavy atom. The molecule has 1 aliphatic rings. The van der Waals surface area contributed by atoms with E-state index in [1.165, 1.54) is 0 Å². The van der Waals surface area contributed by atoms with Gasteiger partial charge in [0.1, 0.15) is 11.6 Å². The van der Waals surface area contributed by atoms with Gasteiger partial charge in [-0.05, 0) is 82.9 Å². The van der Waals surface area contributed by atoms with Crippen LogP contribution in [0.4, 0.5) is 4.79 Å². The number of hydrogen-bond acceptors (Lipinski definition) is 5. The predicted molar refractivity (Wildman–Crippen MR) is 136 cm³/mol. The summed E-state index contributed by atoms with van der Waals surface area (Å²) in [6.07, 6.45) is 2.23. The van der Waals surface area contributed by atoms with Crippen molar-refractivity contribution in [2.24, 2.45) is 0 Å². The van der Waals surface area contributed by atoms with Gasteiger partial charge >= 0.3 is 6.03 Å². The van der Waals surface area contributed by atoms with Crippen LogP contribution in [0.3, 0.4) is 0 Å². The second kappa shape index (κ2) is 9.59. The molecule has 1 unspecified atom stereocenters. The third-order valence-corrected chi connectivity index (χ3v) is 6.39. The van der Waals surface area contributed by atoms with Gasteiger partial charge in [-0.15, -0.1) is 0 Å². The minimum absolute atomic E-state index is 0.0525. The first-order valence-electron chi connectivity index (χ1n) is 11.9. The molecule has 0 bridgehead atoms. The molecule has 1 fully saturated rings. The number of piperidine rings is 1. The lowest BCUT2D eigenvalue weighted by atomic mass is 9.80. The molecule has 8 heteroatoms. The van der Waals surface area contributed by atoms with Crippen LogP contribution < -0.4 is 20.7 Å². The largest absolute Gasteiger partial charge is 0.497 e. The number of hydrogen-bond donors (Lipinski definition) is 4. The zero-order valence-electron chi connectivity index (χ0n) is 21.0. The van der Waals surface area contributed by atoms with Crippen molar-refractivity contribution >= 4 is 17.1 Å². The molecule has 0 saturated carbocycles. The highest BCUT2D eigenvalue weighted by molar-refractivity contribution is 5.78. The maximum atomic E-state index is 13.2. The number of nitriles is 1. The maximum absolute atomic E-state index is 13.2. The zero-order chi connectivity index (χ0) is 25.2. The fourth-order valence-corrected chi connectivity index (χ4v) is 5.29. The van der Waals surface area contributed by atoms with Crippen LogP contribution in [0.2, 0.25) is 0 Å². The first-order chi connectivity index (χ1) is 16.6. The summed E-state index contributed by atoms with van der Waals surface area (Å²) in [5.74, 6) is 1.42. The summed E-state index contributed by atoms with van der Waals surface area (Å²) in [4.78, 5) is 21.2. The minimum Gasteiger partial charge on any atom is -0.497 e. The number of amides is 2. The van der Waals surface area contributed by atoms with Crippen LogP contribution in [0.15, 0.2) is 42.5 Å². The highest BCUT2D eigenvalue weighted by Crippen LogP contribution is 2.29. The summed E-state index contributed by atoms with van der Waals surface area (Å²) in [5, 5.41) is 19.2. The highest BCUT2D eigenvalue weighted by Gasteiger charge is 2.38. The molecule has 184 valence electrons. The van der Waals surface area contributed by atoms with Gasteiger partial charge in [-0.2, -0.15) is 5.26 Å². The van der Waals surface area contributed by atoms with Crippen molar-refractivity contribution in [3.8, 4) is 11.8 Å². The summed E-state index contributed by atoms with van der Waals surface area (Å²) in [6, 6.07) is 14.7. The van der Waals surface area contributed by atoms with Gasteiger partial charge in [0, 0.05) is 17.1 Å². The molecule has 0 radical (unpaired) electrons. The van der Waals surface area contributed by atoms with Crippen LogP contribution in [0.5, 0.6) is 5.75 Å². The Morgan fingerprint density at radius 1 is 1.17 bits per heavy atom. The summed E-state index contributed by atoms with van der Waals surface area (Å²) in [5.41, 5.74) is 2.98. The lowest BCUT2D eigenvalue weighted by molar-refractivity contribution is 0.147. The van der Waals surface area contributed by atoms with Gasteiger partial charge in [-0.25, -0.2) is 9.78 Å². The highest BCUT2D eigenvalue weighted by atomic mass is 16.5. The molecule has 8 nitrogen and oxygen atoms in total. The van der Waals surface area contributed by atoms with Crippen LogP contribution >= 0.6 is 0 Å². The van der Waals surface area contributed by atoms with Gasteiger partial charge in [0.05, 0.1) is 35.8 Å². The van der Waals surface area contributed by atoms with E-state index < -0.39 is 0 Å². The number of aromatic nitrogens is 2. The van der Waals surface area contributed by atoms with E-state index in [0.29, 0.717) is 17.8 Å². The predicted octanol–water partition coefficient (Wildman–Crippen LogP) is 4.34. The molecule has 2 heterocycles. The van der Waals surface area contributed by atoms with Crippen molar-refractivity contribution in [1.82, 2.24) is 25.9 Å². The van der Waals surface area contributed by atoms with Crippen molar-refractivity contribution in [3.63, 3.8) is 0 Å². The number of nitrogens with one attached hydrogen (secondary N) is 4. The number of benzene rings is 2. The smallest absolute Gasteiger partial charge is 0.315 e. The van der Waals surface area contributed by atoms with E-state index in [1.807, 2.05) is 30.3 Å². The topological polar surface area (TPSA) is 115 Å². The number of rotatable bonds is 6. The third-order valence-electron chi connectivity index (χ3n) is 6.39. The molecule has 2 amide bonds. The van der Waals surface area contributed by atoms with E-state index in [9.17, 15) is 10.1 Å². The lowest BCUT2D eigenvalue weighted by Gasteiger charge is -2.46. The fourth-order valence-electron chi connectivity index (χ4n) is 5.29. The monoisotopic (exact) mass is 474 g/mol. The number of H-pyrrole nitrogens is 1. The first kappa shape index (κ1) is 24.6. The number of aromatic amines is 1. The van der Waals surface area contributed by atoms with Crippen molar-refractivity contribution in [1.29, 1.82) is 5.26 Å². The molecule has 4 N–H and O–H groups in total. The standard InChI is InChI=1S/C27H34N6O2/c1-26(2)14-19(15-27(3,4)33-26)29-25(34)32-23(12-17-6-9-20(35-5)10-7-17)24-30-21-11-8-18(16-28)13-22(21)31-24/h6-11,13,19,23,33H,12,14-15H2,1-5H3,(H,30,31)(H2,29,32,34). The van der Waals surface area contributed by atoms with Gasteiger partial charge in [0.25, 0.3) is 0 Å². The van der Waals surface area contributed by atoms with Crippen LogP contribution in [-0.2, 0) is 6.42 Å². The maximum Gasteiger partial charge on any atom is 0.315 e. The van der Waals surface area contributed by atoms with Crippen LogP contribution in [0, 0.1) is 11.3 Å². The molecule has 4 rings (SSSR count). The Bertz CT molecular complexity index is 1220. The fraction of sp³-hybridized carbons (Fsp3) is 0.444. The van der Waals surface area contributed by atoms with Crippen molar-refractivity contribution in [3.05, 3.63) is 59.4 Å². The Labute approximate surface area is 206 Å². The SMILES string of the molecule is COc1ccc(CC(NC(=O)NC2CC(C)(C)NC(C)(C)C2)c2nc3ccc(C#N)cc3[nH]2)cc1. The van der Waals surface area contributed by atoms with E-state index in [0.717, 1.165) is 35.2 Å². The van der Waals surface area contributed by atoms with E-state index in [1.54, 1.807) is 19.2 Å². The number of fused-ring (bicyclic) bond motifs is 1. The number of carbonyl (C=O) groups excluding carboxylic acids is 1. The number of urea groups is 1. The summed E-state index contributed by atoms with van der Waals surface area (Å²) in [7, 11) is 1.64. The number of nitrogens with zero attached hydrogens (tertiary/aromatic N) is 2. The van der Waals surface area contributed by atoms with Gasteiger partial charge in [0.15, 0.2) is 0 Å². The second-order valence-electron chi connectivity index (χ2n) is 10.7. The summed E-state index contributed by atoms with van der Waals surface area (Å²) in [6.45, 7) is 8.65. The summed E-state index contributed by atoms with van der Waals surface area (Å²) >= 11 is 0. The Morgan fingerprint density at radius 2 is 1.86 bits per heavy atom. The van der Waals surface area contributed by atoms with E-state index in [2.05, 4.69) is 54.7 Å². The molecular weight excluding hydrogens is 440 g/mol. The summed E-state index contributed by atoms with van der Waals surface area (Å²) < 4.78 is 5.27. The van der Waals surface area contributed by atoms with Crippen LogP contribution in [0.1, 0.15) is 63.5 Å². The molecule has 1 saturated heterocycles. The Balaban J connectivity index is 1.56. The quantitative estimate of drug-likeness (QED) is 0.424. The average molecular weight is 475 g/mol. The number of ether oxygens (including phenoxy) is 1. The molecule has 3 aromatic rings. The molecule has 0 spiro atoms. The Hall–Kier alpha value is -3.57. The lowest BCUT2D eigenvalue weighted by Crippen LogP contribution is -2.62. The normalized spacial score (nSPS) is 17.9. The van der Waals surface area contributed by atoms with Gasteiger partial charge in [0.2, 0.25) is 0 Å². The molecule has 2 aromatic carbocycles. The van der Waals surface area contributed by atoms with Crippen molar-refractivity contribution in [2.45, 2.75) is 70.1 Å². The van der Waals surface area contributed by atoms with E-state index in [-0.39, 0.29) is 29.2 Å². The van der Waals surface area contributed by atoms with Gasteiger partial charge < -0.3 is 25.7 Å². The molecule has 1 atom stereocenters. The number of imidazole rings is 1. The van der Waals surface area contributed by atoms with Crippen LogP contribution in [0.25, 0.3) is 11.0 Å².